The Balaban J connectivity index is 1.84. The summed E-state index contributed by atoms with van der Waals surface area (Å²) < 4.78 is 5.25. The second-order valence-electron chi connectivity index (χ2n) is 8.20. The highest BCUT2D eigenvalue weighted by atomic mass is 16.5. The second kappa shape index (κ2) is 9.12. The van der Waals surface area contributed by atoms with E-state index in [1.807, 2.05) is 19.1 Å². The van der Waals surface area contributed by atoms with Crippen molar-refractivity contribution in [2.45, 2.75) is 26.7 Å². The number of nitrogens with one attached hydrogen (secondary N) is 1. The molecule has 2 atom stereocenters. The van der Waals surface area contributed by atoms with Crippen LogP contribution in [0.1, 0.15) is 41.3 Å². The topological polar surface area (TPSA) is 58.6 Å². The summed E-state index contributed by atoms with van der Waals surface area (Å²) in [6, 6.07) is 15.4. The summed E-state index contributed by atoms with van der Waals surface area (Å²) in [5.74, 6) is 0.706. The van der Waals surface area contributed by atoms with Crippen molar-refractivity contribution in [2.24, 2.45) is 11.8 Å². The van der Waals surface area contributed by atoms with Gasteiger partial charge in [0.25, 0.3) is 5.91 Å². The van der Waals surface area contributed by atoms with E-state index in [9.17, 15) is 9.59 Å². The van der Waals surface area contributed by atoms with Crippen LogP contribution in [0.3, 0.4) is 0 Å². The van der Waals surface area contributed by atoms with E-state index in [0.29, 0.717) is 36.9 Å². The summed E-state index contributed by atoms with van der Waals surface area (Å²) in [7, 11) is 1.59. The molecule has 1 heterocycles. The van der Waals surface area contributed by atoms with Gasteiger partial charge in [0.2, 0.25) is 5.91 Å². The van der Waals surface area contributed by atoms with Crippen LogP contribution in [-0.2, 0) is 4.79 Å². The summed E-state index contributed by atoms with van der Waals surface area (Å²) in [4.78, 5) is 27.8. The number of hydrogen-bond acceptors (Lipinski definition) is 3. The number of ether oxygens (including phenoxy) is 1. The summed E-state index contributed by atoms with van der Waals surface area (Å²) in [5, 5.41) is 3.06. The Morgan fingerprint density at radius 2 is 1.86 bits per heavy atom. The van der Waals surface area contributed by atoms with Crippen molar-refractivity contribution in [2.75, 3.05) is 26.7 Å². The molecule has 2 amide bonds. The fraction of sp³-hybridized carbons (Fsp3) is 0.417. The molecule has 1 N–H and O–H groups in total. The largest absolute Gasteiger partial charge is 0.497 e. The van der Waals surface area contributed by atoms with E-state index in [2.05, 4.69) is 43.4 Å². The van der Waals surface area contributed by atoms with Crippen molar-refractivity contribution in [1.82, 2.24) is 10.2 Å². The van der Waals surface area contributed by atoms with Gasteiger partial charge in [0.1, 0.15) is 5.75 Å². The number of hydrogen-bond donors (Lipinski definition) is 1. The molecule has 1 fully saturated rings. The minimum atomic E-state index is -0.258. The Morgan fingerprint density at radius 3 is 2.52 bits per heavy atom. The second-order valence-corrected chi connectivity index (χ2v) is 8.20. The van der Waals surface area contributed by atoms with Crippen LogP contribution >= 0.6 is 0 Å². The van der Waals surface area contributed by atoms with E-state index in [1.54, 1.807) is 24.1 Å². The Kier molecular flexibility index (Phi) is 6.57. The third-order valence-electron chi connectivity index (χ3n) is 5.45. The molecule has 1 saturated heterocycles. The van der Waals surface area contributed by atoms with Crippen molar-refractivity contribution < 1.29 is 14.3 Å². The Bertz CT molecular complexity index is 861. The molecule has 5 nitrogen and oxygen atoms in total. The standard InChI is InChI=1S/C24H30N2O3/c1-16(2)13-25-23(27)22-15-26(14-21(22)18-10-8-17(3)9-11-18)24(28)19-6-5-7-20(12-19)29-4/h5-12,16,21-22H,13-15H2,1-4H3,(H,25,27). The maximum Gasteiger partial charge on any atom is 0.254 e. The first kappa shape index (κ1) is 20.9. The first-order valence-corrected chi connectivity index (χ1v) is 10.2. The van der Waals surface area contributed by atoms with E-state index in [4.69, 9.17) is 4.74 Å². The van der Waals surface area contributed by atoms with E-state index in [0.717, 1.165) is 5.56 Å². The molecule has 2 aromatic rings. The molecule has 154 valence electrons. The van der Waals surface area contributed by atoms with Crippen molar-refractivity contribution in [3.63, 3.8) is 0 Å². The Hall–Kier alpha value is -2.82. The van der Waals surface area contributed by atoms with Gasteiger partial charge in [0, 0.05) is 31.1 Å². The fourth-order valence-corrected chi connectivity index (χ4v) is 3.76. The molecule has 5 heteroatoms. The first-order chi connectivity index (χ1) is 13.9. The van der Waals surface area contributed by atoms with Crippen molar-refractivity contribution in [3.05, 3.63) is 65.2 Å². The lowest BCUT2D eigenvalue weighted by Gasteiger charge is -2.19. The number of aryl methyl sites for hydroxylation is 1. The molecule has 29 heavy (non-hydrogen) atoms. The van der Waals surface area contributed by atoms with Crippen LogP contribution in [0.2, 0.25) is 0 Å². The average molecular weight is 395 g/mol. The van der Waals surface area contributed by atoms with Gasteiger partial charge in [-0.25, -0.2) is 0 Å². The third-order valence-corrected chi connectivity index (χ3v) is 5.45. The monoisotopic (exact) mass is 394 g/mol. The van der Waals surface area contributed by atoms with Gasteiger partial charge in [-0.1, -0.05) is 49.7 Å². The van der Waals surface area contributed by atoms with Crippen LogP contribution in [0.4, 0.5) is 0 Å². The number of nitrogens with zero attached hydrogens (tertiary/aromatic N) is 1. The molecule has 1 aliphatic heterocycles. The van der Waals surface area contributed by atoms with E-state index < -0.39 is 0 Å². The Labute approximate surface area is 173 Å². The summed E-state index contributed by atoms with van der Waals surface area (Å²) in [6.45, 7) is 7.77. The fourth-order valence-electron chi connectivity index (χ4n) is 3.76. The number of benzene rings is 2. The molecule has 2 unspecified atom stereocenters. The zero-order chi connectivity index (χ0) is 21.0. The molecule has 0 saturated carbocycles. The minimum Gasteiger partial charge on any atom is -0.497 e. The molecule has 2 aromatic carbocycles. The molecule has 0 radical (unpaired) electrons. The van der Waals surface area contributed by atoms with Crippen molar-refractivity contribution >= 4 is 11.8 Å². The number of rotatable bonds is 6. The Morgan fingerprint density at radius 1 is 1.14 bits per heavy atom. The lowest BCUT2D eigenvalue weighted by atomic mass is 9.88. The van der Waals surface area contributed by atoms with Crippen LogP contribution in [0.25, 0.3) is 0 Å². The van der Waals surface area contributed by atoms with Crippen LogP contribution in [0.5, 0.6) is 5.75 Å². The van der Waals surface area contributed by atoms with Crippen LogP contribution in [0, 0.1) is 18.8 Å². The molecule has 0 aromatic heterocycles. The smallest absolute Gasteiger partial charge is 0.254 e. The van der Waals surface area contributed by atoms with Crippen molar-refractivity contribution in [1.29, 1.82) is 0 Å². The van der Waals surface area contributed by atoms with Gasteiger partial charge in [-0.2, -0.15) is 0 Å². The summed E-state index contributed by atoms with van der Waals surface area (Å²) >= 11 is 0. The van der Waals surface area contributed by atoms with Crippen molar-refractivity contribution in [3.8, 4) is 5.75 Å². The maximum atomic E-state index is 13.1. The zero-order valence-corrected chi connectivity index (χ0v) is 17.6. The van der Waals surface area contributed by atoms with Crippen LogP contribution in [-0.4, -0.2) is 43.5 Å². The molecular weight excluding hydrogens is 364 g/mol. The molecule has 0 aliphatic carbocycles. The molecule has 0 spiro atoms. The lowest BCUT2D eigenvalue weighted by Crippen LogP contribution is -2.37. The quantitative estimate of drug-likeness (QED) is 0.814. The van der Waals surface area contributed by atoms with Gasteiger partial charge in [-0.15, -0.1) is 0 Å². The van der Waals surface area contributed by atoms with Gasteiger partial charge < -0.3 is 15.0 Å². The average Bonchev–Trinajstić information content (AvgIpc) is 3.17. The van der Waals surface area contributed by atoms with E-state index in [1.165, 1.54) is 5.56 Å². The van der Waals surface area contributed by atoms with Gasteiger partial charge in [0.15, 0.2) is 0 Å². The lowest BCUT2D eigenvalue weighted by molar-refractivity contribution is -0.125. The van der Waals surface area contributed by atoms with E-state index >= 15 is 0 Å². The number of carbonyl (C=O) groups is 2. The SMILES string of the molecule is COc1cccc(C(=O)N2CC(C(=O)NCC(C)C)C(c3ccc(C)cc3)C2)c1. The maximum absolute atomic E-state index is 13.1. The first-order valence-electron chi connectivity index (χ1n) is 10.2. The van der Waals surface area contributed by atoms with Gasteiger partial charge in [-0.3, -0.25) is 9.59 Å². The summed E-state index contributed by atoms with van der Waals surface area (Å²) in [5.41, 5.74) is 2.85. The van der Waals surface area contributed by atoms with Gasteiger partial charge in [0.05, 0.1) is 13.0 Å². The van der Waals surface area contributed by atoms with Gasteiger partial charge >= 0.3 is 0 Å². The number of amides is 2. The zero-order valence-electron chi connectivity index (χ0n) is 17.6. The normalized spacial score (nSPS) is 18.7. The highest BCUT2D eigenvalue weighted by molar-refractivity contribution is 5.95. The summed E-state index contributed by atoms with van der Waals surface area (Å²) in [6.07, 6.45) is 0. The highest BCUT2D eigenvalue weighted by Gasteiger charge is 2.40. The molecule has 0 bridgehead atoms. The number of carbonyl (C=O) groups excluding carboxylic acids is 2. The molecular formula is C24H30N2O3. The molecule has 1 aliphatic rings. The highest BCUT2D eigenvalue weighted by Crippen LogP contribution is 2.34. The van der Waals surface area contributed by atoms with Crippen LogP contribution < -0.4 is 10.1 Å². The van der Waals surface area contributed by atoms with E-state index in [-0.39, 0.29) is 23.7 Å². The third kappa shape index (κ3) is 4.97. The number of methoxy groups -OCH3 is 1. The number of likely N-dealkylation sites (tertiary alicyclic amines) is 1. The minimum absolute atomic E-state index is 0.0164. The van der Waals surface area contributed by atoms with Gasteiger partial charge in [-0.05, 0) is 36.6 Å². The predicted molar refractivity (Wildman–Crippen MR) is 114 cm³/mol. The predicted octanol–water partition coefficient (Wildman–Crippen LogP) is 3.63. The van der Waals surface area contributed by atoms with Crippen LogP contribution in [0.15, 0.2) is 48.5 Å². The molecule has 3 rings (SSSR count).